The quantitative estimate of drug-likeness (QED) is 0.705. The highest BCUT2D eigenvalue weighted by Crippen LogP contribution is 2.26. The lowest BCUT2D eigenvalue weighted by Gasteiger charge is -2.15. The van der Waals surface area contributed by atoms with Crippen LogP contribution in [0.2, 0.25) is 0 Å². The van der Waals surface area contributed by atoms with Crippen LogP contribution in [0.5, 0.6) is 0 Å². The molecule has 0 aromatic heterocycles. The molecule has 2 rings (SSSR count). The van der Waals surface area contributed by atoms with E-state index < -0.39 is 10.0 Å². The number of rotatable bonds is 4. The van der Waals surface area contributed by atoms with E-state index in [0.29, 0.717) is 22.9 Å². The van der Waals surface area contributed by atoms with Gasteiger partial charge in [-0.2, -0.15) is 0 Å². The molecular weight excluding hydrogens is 266 g/mol. The van der Waals surface area contributed by atoms with Crippen molar-refractivity contribution < 1.29 is 13.2 Å². The molecule has 0 amide bonds. The van der Waals surface area contributed by atoms with Gasteiger partial charge in [0.05, 0.1) is 11.5 Å². The fraction of sp³-hybridized carbons (Fsp3) is 0.500. The van der Waals surface area contributed by atoms with Gasteiger partial charge in [-0.05, 0) is 31.0 Å². The third kappa shape index (κ3) is 3.37. The third-order valence-electron chi connectivity index (χ3n) is 3.29. The highest BCUT2D eigenvalue weighted by Gasteiger charge is 2.18. The molecule has 1 saturated heterocycles. The Morgan fingerprint density at radius 3 is 2.79 bits per heavy atom. The summed E-state index contributed by atoms with van der Waals surface area (Å²) in [4.78, 5) is 0.0673. The molecular formula is C12H19N3O3S. The fourth-order valence-electron chi connectivity index (χ4n) is 2.19. The van der Waals surface area contributed by atoms with Crippen molar-refractivity contribution in [3.8, 4) is 0 Å². The minimum Gasteiger partial charge on any atom is -0.399 e. The second kappa shape index (κ2) is 5.36. The molecule has 7 heteroatoms. The Morgan fingerprint density at radius 2 is 2.21 bits per heavy atom. The van der Waals surface area contributed by atoms with Crippen LogP contribution >= 0.6 is 0 Å². The molecule has 0 saturated carbocycles. The Balaban J connectivity index is 2.22. The summed E-state index contributed by atoms with van der Waals surface area (Å²) in [5.74, 6) is 0.443. The summed E-state index contributed by atoms with van der Waals surface area (Å²) in [7, 11) is -3.76. The molecule has 1 aromatic rings. The first-order valence-electron chi connectivity index (χ1n) is 6.12. The van der Waals surface area contributed by atoms with Crippen LogP contribution in [0, 0.1) is 12.8 Å². The molecule has 1 atom stereocenters. The van der Waals surface area contributed by atoms with E-state index in [-0.39, 0.29) is 4.90 Å². The molecule has 5 N–H and O–H groups in total. The van der Waals surface area contributed by atoms with Crippen molar-refractivity contribution in [2.45, 2.75) is 18.2 Å². The summed E-state index contributed by atoms with van der Waals surface area (Å²) in [6.07, 6.45) is 1.01. The molecule has 1 unspecified atom stereocenters. The summed E-state index contributed by atoms with van der Waals surface area (Å²) in [5.41, 5.74) is 7.40. The van der Waals surface area contributed by atoms with Gasteiger partial charge in [-0.1, -0.05) is 0 Å². The van der Waals surface area contributed by atoms with Gasteiger partial charge in [-0.25, -0.2) is 13.6 Å². The number of ether oxygens (including phenoxy) is 1. The molecule has 1 heterocycles. The number of benzene rings is 1. The average Bonchev–Trinajstić information content (AvgIpc) is 2.81. The zero-order valence-corrected chi connectivity index (χ0v) is 11.7. The second-order valence-corrected chi connectivity index (χ2v) is 6.38. The van der Waals surface area contributed by atoms with Gasteiger partial charge < -0.3 is 15.8 Å². The van der Waals surface area contributed by atoms with E-state index in [2.05, 4.69) is 5.32 Å². The Labute approximate surface area is 113 Å². The minimum atomic E-state index is -3.76. The van der Waals surface area contributed by atoms with Crippen molar-refractivity contribution in [3.05, 3.63) is 17.7 Å². The SMILES string of the molecule is Cc1c(NCC2CCOC2)cc(N)cc1S(N)(=O)=O. The molecule has 1 aliphatic heterocycles. The summed E-state index contributed by atoms with van der Waals surface area (Å²) in [5, 5.41) is 8.41. The number of anilines is 2. The first-order valence-corrected chi connectivity index (χ1v) is 7.67. The van der Waals surface area contributed by atoms with Gasteiger partial charge in [0.25, 0.3) is 0 Å². The Bertz CT molecular complexity index is 566. The smallest absolute Gasteiger partial charge is 0.238 e. The van der Waals surface area contributed by atoms with E-state index >= 15 is 0 Å². The lowest BCUT2D eigenvalue weighted by Crippen LogP contribution is -2.18. The van der Waals surface area contributed by atoms with E-state index in [1.54, 1.807) is 13.0 Å². The van der Waals surface area contributed by atoms with Gasteiger partial charge in [0.2, 0.25) is 10.0 Å². The fourth-order valence-corrected chi connectivity index (χ4v) is 3.02. The zero-order chi connectivity index (χ0) is 14.0. The van der Waals surface area contributed by atoms with Crippen molar-refractivity contribution in [2.75, 3.05) is 30.8 Å². The number of nitrogen functional groups attached to an aromatic ring is 1. The largest absolute Gasteiger partial charge is 0.399 e. The maximum Gasteiger partial charge on any atom is 0.238 e. The Hall–Kier alpha value is -1.31. The first kappa shape index (κ1) is 14.1. The van der Waals surface area contributed by atoms with Crippen molar-refractivity contribution >= 4 is 21.4 Å². The monoisotopic (exact) mass is 285 g/mol. The maximum absolute atomic E-state index is 11.5. The zero-order valence-electron chi connectivity index (χ0n) is 10.8. The minimum absolute atomic E-state index is 0.0673. The highest BCUT2D eigenvalue weighted by atomic mass is 32.2. The summed E-state index contributed by atoms with van der Waals surface area (Å²) in [6.45, 7) is 3.96. The molecule has 1 aromatic carbocycles. The molecule has 6 nitrogen and oxygen atoms in total. The highest BCUT2D eigenvalue weighted by molar-refractivity contribution is 7.89. The van der Waals surface area contributed by atoms with Gasteiger partial charge in [-0.15, -0.1) is 0 Å². The molecule has 0 bridgehead atoms. The van der Waals surface area contributed by atoms with E-state index in [0.717, 1.165) is 26.2 Å². The number of hydrogen-bond donors (Lipinski definition) is 3. The van der Waals surface area contributed by atoms with E-state index in [4.69, 9.17) is 15.6 Å². The van der Waals surface area contributed by atoms with Crippen LogP contribution in [0.1, 0.15) is 12.0 Å². The first-order chi connectivity index (χ1) is 8.88. The number of nitrogens with two attached hydrogens (primary N) is 2. The average molecular weight is 285 g/mol. The molecule has 0 radical (unpaired) electrons. The van der Waals surface area contributed by atoms with Crippen LogP contribution in [0.15, 0.2) is 17.0 Å². The Kier molecular flexibility index (Phi) is 3.98. The number of hydrogen-bond acceptors (Lipinski definition) is 5. The van der Waals surface area contributed by atoms with E-state index in [1.807, 2.05) is 0 Å². The van der Waals surface area contributed by atoms with Crippen LogP contribution in [0.4, 0.5) is 11.4 Å². The lowest BCUT2D eigenvalue weighted by atomic mass is 10.1. The van der Waals surface area contributed by atoms with Gasteiger partial charge in [0.15, 0.2) is 0 Å². The van der Waals surface area contributed by atoms with E-state index in [9.17, 15) is 8.42 Å². The van der Waals surface area contributed by atoms with Gasteiger partial charge >= 0.3 is 0 Å². The van der Waals surface area contributed by atoms with Gasteiger partial charge in [-0.3, -0.25) is 0 Å². The molecule has 0 aliphatic carbocycles. The van der Waals surface area contributed by atoms with Crippen LogP contribution in [-0.4, -0.2) is 28.2 Å². The van der Waals surface area contributed by atoms with Crippen molar-refractivity contribution in [2.24, 2.45) is 11.1 Å². The van der Waals surface area contributed by atoms with Crippen molar-refractivity contribution in [3.63, 3.8) is 0 Å². The molecule has 106 valence electrons. The summed E-state index contributed by atoms with van der Waals surface area (Å²) < 4.78 is 28.3. The molecule has 1 fully saturated rings. The molecule has 1 aliphatic rings. The number of nitrogens with one attached hydrogen (secondary N) is 1. The summed E-state index contributed by atoms with van der Waals surface area (Å²) in [6, 6.07) is 3.11. The van der Waals surface area contributed by atoms with Crippen LogP contribution in [0.25, 0.3) is 0 Å². The predicted octanol–water partition coefficient (Wildman–Crippen LogP) is 0.673. The lowest BCUT2D eigenvalue weighted by molar-refractivity contribution is 0.187. The normalized spacial score (nSPS) is 19.6. The topological polar surface area (TPSA) is 107 Å². The maximum atomic E-state index is 11.5. The van der Waals surface area contributed by atoms with E-state index in [1.165, 1.54) is 6.07 Å². The van der Waals surface area contributed by atoms with Gasteiger partial charge in [0, 0.05) is 30.4 Å². The second-order valence-electron chi connectivity index (χ2n) is 4.85. The van der Waals surface area contributed by atoms with Crippen molar-refractivity contribution in [1.29, 1.82) is 0 Å². The third-order valence-corrected chi connectivity index (χ3v) is 4.33. The van der Waals surface area contributed by atoms with Crippen LogP contribution < -0.4 is 16.2 Å². The van der Waals surface area contributed by atoms with Gasteiger partial charge in [0.1, 0.15) is 0 Å². The van der Waals surface area contributed by atoms with Crippen LogP contribution in [0.3, 0.4) is 0 Å². The van der Waals surface area contributed by atoms with Crippen LogP contribution in [-0.2, 0) is 14.8 Å². The number of sulfonamides is 1. The van der Waals surface area contributed by atoms with Crippen molar-refractivity contribution in [1.82, 2.24) is 0 Å². The standard InChI is InChI=1S/C12H19N3O3S/c1-8-11(15-6-9-2-3-18-7-9)4-10(13)5-12(8)19(14,16)17/h4-5,9,15H,2-3,6-7,13H2,1H3,(H2,14,16,17). The predicted molar refractivity (Wildman–Crippen MR) is 74.4 cm³/mol. The Morgan fingerprint density at radius 1 is 1.47 bits per heavy atom. The molecule has 19 heavy (non-hydrogen) atoms. The summed E-state index contributed by atoms with van der Waals surface area (Å²) >= 11 is 0. The molecule has 0 spiro atoms. The number of primary sulfonamides is 1.